The Morgan fingerprint density at radius 2 is 1.02 bits per heavy atom. The molecule has 3 nitrogen and oxygen atoms in total. The van der Waals surface area contributed by atoms with Crippen LogP contribution in [-0.4, -0.2) is 14.8 Å². The molecule has 0 atom stereocenters. The average Bonchev–Trinajstić information content (AvgIpc) is 3.63. The van der Waals surface area contributed by atoms with Crippen molar-refractivity contribution in [2.24, 2.45) is 0 Å². The monoisotopic (exact) mass is 563 g/mol. The first-order valence-electron chi connectivity index (χ1n) is 15.2. The molecule has 1 aliphatic carbocycles. The van der Waals surface area contributed by atoms with Crippen LogP contribution in [0.15, 0.2) is 140 Å². The van der Waals surface area contributed by atoms with E-state index >= 15 is 0 Å². The summed E-state index contributed by atoms with van der Waals surface area (Å²) in [6.45, 7) is 4.75. The van der Waals surface area contributed by atoms with E-state index in [-0.39, 0.29) is 5.41 Å². The lowest BCUT2D eigenvalue weighted by molar-refractivity contribution is 0.666. The molecule has 9 rings (SSSR count). The van der Waals surface area contributed by atoms with Crippen LogP contribution < -0.4 is 0 Å². The van der Waals surface area contributed by atoms with Crippen molar-refractivity contribution in [2.75, 3.05) is 0 Å². The highest BCUT2D eigenvalue weighted by molar-refractivity contribution is 6.27. The fourth-order valence-corrected chi connectivity index (χ4v) is 7.52. The van der Waals surface area contributed by atoms with Gasteiger partial charge in [0.25, 0.3) is 0 Å². The molecule has 0 amide bonds. The van der Waals surface area contributed by atoms with Gasteiger partial charge in [0.2, 0.25) is 0 Å². The second-order valence-corrected chi connectivity index (χ2v) is 12.3. The summed E-state index contributed by atoms with van der Waals surface area (Å²) in [5.41, 5.74) is 8.53. The lowest BCUT2D eigenvalue weighted by Gasteiger charge is -2.25. The van der Waals surface area contributed by atoms with Gasteiger partial charge in [-0.25, -0.2) is 0 Å². The Labute approximate surface area is 256 Å². The summed E-state index contributed by atoms with van der Waals surface area (Å²) in [4.78, 5) is 0. The molecule has 1 aromatic heterocycles. The number of rotatable bonds is 3. The molecule has 0 aliphatic heterocycles. The van der Waals surface area contributed by atoms with Crippen molar-refractivity contribution < 1.29 is 0 Å². The van der Waals surface area contributed by atoms with Gasteiger partial charge in [-0.3, -0.25) is 4.57 Å². The van der Waals surface area contributed by atoms with Gasteiger partial charge >= 0.3 is 0 Å². The van der Waals surface area contributed by atoms with Gasteiger partial charge in [-0.1, -0.05) is 141 Å². The molecular formula is C41H29N3. The molecule has 3 heteroatoms. The first kappa shape index (κ1) is 25.0. The third-order valence-corrected chi connectivity index (χ3v) is 9.49. The van der Waals surface area contributed by atoms with E-state index in [1.54, 1.807) is 0 Å². The maximum Gasteiger partial charge on any atom is 0.168 e. The molecule has 0 N–H and O–H groups in total. The van der Waals surface area contributed by atoms with Crippen molar-refractivity contribution in [1.82, 2.24) is 14.8 Å². The third kappa shape index (κ3) is 3.44. The molecule has 1 heterocycles. The molecule has 0 fully saturated rings. The van der Waals surface area contributed by atoms with Crippen LogP contribution >= 0.6 is 0 Å². The summed E-state index contributed by atoms with van der Waals surface area (Å²) >= 11 is 0. The van der Waals surface area contributed by atoms with Gasteiger partial charge in [-0.2, -0.15) is 0 Å². The van der Waals surface area contributed by atoms with Crippen molar-refractivity contribution in [1.29, 1.82) is 0 Å². The molecule has 0 unspecified atom stereocenters. The van der Waals surface area contributed by atoms with E-state index in [0.29, 0.717) is 0 Å². The lowest BCUT2D eigenvalue weighted by Crippen LogP contribution is -2.15. The standard InChI is InChI=1S/C41H29N3/c1-41(2)36-20-12-11-18-31(36)34-24-23-33-30-22-21-28(25-35(30)29-17-9-10-19-32(29)37(33)38(34)41)44-39(26-13-5-3-6-14-26)42-43-40(44)27-15-7-4-8-16-27/h3-25H,1-2H3. The number of nitrogens with zero attached hydrogens (tertiary/aromatic N) is 3. The van der Waals surface area contributed by atoms with Crippen LogP contribution in [0.3, 0.4) is 0 Å². The van der Waals surface area contributed by atoms with Gasteiger partial charge in [0.05, 0.1) is 0 Å². The smallest absolute Gasteiger partial charge is 0.168 e. The third-order valence-electron chi connectivity index (χ3n) is 9.49. The van der Waals surface area contributed by atoms with Gasteiger partial charge < -0.3 is 0 Å². The van der Waals surface area contributed by atoms with E-state index in [2.05, 4.69) is 146 Å². The highest BCUT2D eigenvalue weighted by atomic mass is 15.3. The molecular weight excluding hydrogens is 534 g/mol. The van der Waals surface area contributed by atoms with E-state index in [4.69, 9.17) is 10.2 Å². The molecule has 44 heavy (non-hydrogen) atoms. The summed E-state index contributed by atoms with van der Waals surface area (Å²) in [6, 6.07) is 50.0. The minimum Gasteiger partial charge on any atom is -0.275 e. The number of fused-ring (bicyclic) bond motifs is 10. The fraction of sp³-hybridized carbons (Fsp3) is 0.0732. The summed E-state index contributed by atoms with van der Waals surface area (Å²) in [7, 11) is 0. The van der Waals surface area contributed by atoms with Crippen LogP contribution in [0.25, 0.3) is 71.9 Å². The maximum absolute atomic E-state index is 4.72. The van der Waals surface area contributed by atoms with Gasteiger partial charge in [-0.15, -0.1) is 10.2 Å². The zero-order valence-electron chi connectivity index (χ0n) is 24.6. The first-order valence-corrected chi connectivity index (χ1v) is 15.2. The number of benzene rings is 7. The van der Waals surface area contributed by atoms with Gasteiger partial charge in [0.15, 0.2) is 11.6 Å². The number of aromatic nitrogens is 3. The summed E-state index contributed by atoms with van der Waals surface area (Å²) in [6.07, 6.45) is 0. The van der Waals surface area contributed by atoms with E-state index in [9.17, 15) is 0 Å². The molecule has 0 spiro atoms. The van der Waals surface area contributed by atoms with Gasteiger partial charge in [0.1, 0.15) is 0 Å². The Morgan fingerprint density at radius 3 is 1.73 bits per heavy atom. The highest BCUT2D eigenvalue weighted by Crippen LogP contribution is 2.53. The van der Waals surface area contributed by atoms with E-state index < -0.39 is 0 Å². The Bertz CT molecular complexity index is 2320. The maximum atomic E-state index is 4.72. The molecule has 208 valence electrons. The largest absolute Gasteiger partial charge is 0.275 e. The van der Waals surface area contributed by atoms with Crippen molar-refractivity contribution >= 4 is 32.3 Å². The zero-order valence-corrected chi connectivity index (χ0v) is 24.6. The predicted octanol–water partition coefficient (Wildman–Crippen LogP) is 10.4. The molecule has 8 aromatic rings. The summed E-state index contributed by atoms with van der Waals surface area (Å²) in [5.74, 6) is 1.65. The Morgan fingerprint density at radius 1 is 0.477 bits per heavy atom. The van der Waals surface area contributed by atoms with Crippen LogP contribution in [0.4, 0.5) is 0 Å². The Kier molecular flexibility index (Phi) is 5.24. The van der Waals surface area contributed by atoms with Crippen LogP contribution in [0.1, 0.15) is 25.0 Å². The second kappa shape index (κ2) is 9.23. The minimum atomic E-state index is -0.0977. The molecule has 0 bridgehead atoms. The van der Waals surface area contributed by atoms with E-state index in [0.717, 1.165) is 28.5 Å². The van der Waals surface area contributed by atoms with Crippen LogP contribution in [0.2, 0.25) is 0 Å². The Balaban J connectivity index is 1.36. The highest BCUT2D eigenvalue weighted by Gasteiger charge is 2.37. The summed E-state index contributed by atoms with van der Waals surface area (Å²) in [5, 5.41) is 17.1. The topological polar surface area (TPSA) is 30.7 Å². The first-order chi connectivity index (χ1) is 21.6. The number of hydrogen-bond acceptors (Lipinski definition) is 2. The molecule has 0 saturated heterocycles. The summed E-state index contributed by atoms with van der Waals surface area (Å²) < 4.78 is 2.20. The average molecular weight is 564 g/mol. The van der Waals surface area contributed by atoms with Crippen LogP contribution in [-0.2, 0) is 5.41 Å². The van der Waals surface area contributed by atoms with E-state index in [1.165, 1.54) is 54.6 Å². The van der Waals surface area contributed by atoms with Crippen molar-refractivity contribution in [3.63, 3.8) is 0 Å². The van der Waals surface area contributed by atoms with Crippen LogP contribution in [0.5, 0.6) is 0 Å². The van der Waals surface area contributed by atoms with Crippen LogP contribution in [0, 0.1) is 0 Å². The second-order valence-electron chi connectivity index (χ2n) is 12.3. The van der Waals surface area contributed by atoms with Crippen molar-refractivity contribution in [2.45, 2.75) is 19.3 Å². The quantitative estimate of drug-likeness (QED) is 0.200. The molecule has 0 saturated carbocycles. The zero-order chi connectivity index (χ0) is 29.4. The predicted molar refractivity (Wildman–Crippen MR) is 182 cm³/mol. The fourth-order valence-electron chi connectivity index (χ4n) is 7.52. The van der Waals surface area contributed by atoms with Crippen molar-refractivity contribution in [3.8, 4) is 39.6 Å². The SMILES string of the molecule is CC1(C)c2ccccc2-c2ccc3c4ccc(-n5c(-c6ccccc6)nnc5-c5ccccc5)cc4c4ccccc4c3c21. The molecule has 0 radical (unpaired) electrons. The van der Waals surface area contributed by atoms with Gasteiger partial charge in [0, 0.05) is 22.2 Å². The van der Waals surface area contributed by atoms with E-state index in [1.807, 2.05) is 12.1 Å². The molecule has 1 aliphatic rings. The van der Waals surface area contributed by atoms with Crippen molar-refractivity contribution in [3.05, 3.63) is 151 Å². The lowest BCUT2D eigenvalue weighted by atomic mass is 9.78. The Hall–Kier alpha value is -5.54. The normalized spacial score (nSPS) is 13.4. The van der Waals surface area contributed by atoms with Gasteiger partial charge in [-0.05, 0) is 66.7 Å². The molecule has 7 aromatic carbocycles. The number of hydrogen-bond donors (Lipinski definition) is 0. The minimum absolute atomic E-state index is 0.0977.